The van der Waals surface area contributed by atoms with E-state index in [4.69, 9.17) is 19.8 Å². The fraction of sp³-hybridized carbons (Fsp3) is 0.542. The SMILES string of the molecule is C[C@H]1COCCN1c1cc(C2(S(C)(=O)=O)CCNCC2)nc(-c2ccc(NC(=O)NCCO)cc2)n1. The molecule has 1 aromatic carbocycles. The van der Waals surface area contributed by atoms with Crippen molar-refractivity contribution in [2.75, 3.05) is 62.5 Å². The quantitative estimate of drug-likeness (QED) is 0.423. The number of amides is 2. The molecule has 2 fully saturated rings. The summed E-state index contributed by atoms with van der Waals surface area (Å²) in [5.41, 5.74) is 1.78. The lowest BCUT2D eigenvalue weighted by Crippen LogP contribution is -2.47. The Labute approximate surface area is 211 Å². The Morgan fingerprint density at radius 3 is 2.61 bits per heavy atom. The second-order valence-corrected chi connectivity index (χ2v) is 11.6. The highest BCUT2D eigenvalue weighted by Gasteiger charge is 2.45. The highest BCUT2D eigenvalue weighted by Crippen LogP contribution is 2.39. The molecule has 0 aliphatic carbocycles. The van der Waals surface area contributed by atoms with Gasteiger partial charge < -0.3 is 30.7 Å². The van der Waals surface area contributed by atoms with Crippen LogP contribution in [0.15, 0.2) is 30.3 Å². The number of anilines is 2. The van der Waals surface area contributed by atoms with E-state index in [1.807, 2.05) is 6.07 Å². The van der Waals surface area contributed by atoms with Crippen LogP contribution in [0.25, 0.3) is 11.4 Å². The number of carbonyl (C=O) groups excluding carboxylic acids is 1. The third-order valence-corrected chi connectivity index (χ3v) is 8.80. The number of rotatable bonds is 7. The van der Waals surface area contributed by atoms with Gasteiger partial charge in [0.25, 0.3) is 0 Å². The first-order valence-electron chi connectivity index (χ1n) is 12.1. The molecule has 3 heterocycles. The maximum atomic E-state index is 13.1. The van der Waals surface area contributed by atoms with Crippen LogP contribution in [0.2, 0.25) is 0 Å². The number of hydrogen-bond acceptors (Lipinski definition) is 9. The van der Waals surface area contributed by atoms with E-state index in [9.17, 15) is 13.2 Å². The highest BCUT2D eigenvalue weighted by atomic mass is 32.2. The fourth-order valence-electron chi connectivity index (χ4n) is 4.71. The van der Waals surface area contributed by atoms with Crippen molar-refractivity contribution in [3.8, 4) is 11.4 Å². The average Bonchev–Trinajstić information content (AvgIpc) is 2.87. The number of sulfone groups is 1. The molecule has 196 valence electrons. The van der Waals surface area contributed by atoms with Gasteiger partial charge in [-0.25, -0.2) is 23.2 Å². The Kier molecular flexibility index (Phi) is 8.08. The van der Waals surface area contributed by atoms with E-state index < -0.39 is 20.6 Å². The van der Waals surface area contributed by atoms with Crippen molar-refractivity contribution in [3.63, 3.8) is 0 Å². The highest BCUT2D eigenvalue weighted by molar-refractivity contribution is 7.91. The first-order valence-corrected chi connectivity index (χ1v) is 14.0. The lowest BCUT2D eigenvalue weighted by molar-refractivity contribution is 0.0985. The van der Waals surface area contributed by atoms with Crippen molar-refractivity contribution in [2.45, 2.75) is 30.6 Å². The number of urea groups is 1. The number of nitrogens with one attached hydrogen (secondary N) is 3. The molecule has 2 aliphatic rings. The summed E-state index contributed by atoms with van der Waals surface area (Å²) in [6.07, 6.45) is 2.16. The molecule has 1 aromatic heterocycles. The minimum Gasteiger partial charge on any atom is -0.395 e. The van der Waals surface area contributed by atoms with Crippen LogP contribution in [-0.2, 0) is 19.3 Å². The van der Waals surface area contributed by atoms with Crippen LogP contribution in [-0.4, -0.2) is 87.8 Å². The van der Waals surface area contributed by atoms with Gasteiger partial charge in [-0.05, 0) is 57.1 Å². The van der Waals surface area contributed by atoms with E-state index >= 15 is 0 Å². The number of aliphatic hydroxyl groups is 1. The Morgan fingerprint density at radius 1 is 1.25 bits per heavy atom. The number of hydrogen-bond donors (Lipinski definition) is 4. The molecule has 36 heavy (non-hydrogen) atoms. The summed E-state index contributed by atoms with van der Waals surface area (Å²) in [7, 11) is -3.47. The van der Waals surface area contributed by atoms with Crippen molar-refractivity contribution in [1.29, 1.82) is 0 Å². The van der Waals surface area contributed by atoms with Crippen molar-refractivity contribution in [2.24, 2.45) is 0 Å². The summed E-state index contributed by atoms with van der Waals surface area (Å²) < 4.78 is 30.8. The van der Waals surface area contributed by atoms with Gasteiger partial charge in [0.1, 0.15) is 10.6 Å². The average molecular weight is 519 g/mol. The van der Waals surface area contributed by atoms with Crippen molar-refractivity contribution in [1.82, 2.24) is 20.6 Å². The van der Waals surface area contributed by atoms with E-state index in [1.54, 1.807) is 24.3 Å². The van der Waals surface area contributed by atoms with Crippen LogP contribution in [0.5, 0.6) is 0 Å². The predicted molar refractivity (Wildman–Crippen MR) is 138 cm³/mol. The van der Waals surface area contributed by atoms with Gasteiger partial charge in [0.2, 0.25) is 0 Å². The molecule has 2 aromatic rings. The Balaban J connectivity index is 1.74. The van der Waals surface area contributed by atoms with Gasteiger partial charge in [-0.3, -0.25) is 0 Å². The normalized spacial score (nSPS) is 20.1. The lowest BCUT2D eigenvalue weighted by atomic mass is 9.92. The van der Waals surface area contributed by atoms with Gasteiger partial charge >= 0.3 is 6.03 Å². The van der Waals surface area contributed by atoms with Gasteiger partial charge in [0.15, 0.2) is 15.7 Å². The van der Waals surface area contributed by atoms with Gasteiger partial charge in [0.05, 0.1) is 31.6 Å². The van der Waals surface area contributed by atoms with Gasteiger partial charge in [-0.15, -0.1) is 0 Å². The van der Waals surface area contributed by atoms with Crippen LogP contribution in [0.3, 0.4) is 0 Å². The third-order valence-electron chi connectivity index (χ3n) is 6.76. The number of benzene rings is 1. The molecule has 12 heteroatoms. The molecule has 0 bridgehead atoms. The van der Waals surface area contributed by atoms with Gasteiger partial charge in [-0.1, -0.05) is 0 Å². The smallest absolute Gasteiger partial charge is 0.319 e. The van der Waals surface area contributed by atoms with Crippen LogP contribution < -0.4 is 20.9 Å². The number of aromatic nitrogens is 2. The molecule has 0 unspecified atom stereocenters. The topological polar surface area (TPSA) is 146 Å². The van der Waals surface area contributed by atoms with E-state index in [0.29, 0.717) is 74.3 Å². The molecule has 4 N–H and O–H groups in total. The van der Waals surface area contributed by atoms with Crippen molar-refractivity contribution >= 4 is 27.4 Å². The Hall–Kier alpha value is -2.80. The predicted octanol–water partition coefficient (Wildman–Crippen LogP) is 1.11. The van der Waals surface area contributed by atoms with Gasteiger partial charge in [0, 0.05) is 36.7 Å². The van der Waals surface area contributed by atoms with Crippen LogP contribution in [0.4, 0.5) is 16.3 Å². The third kappa shape index (κ3) is 5.61. The molecule has 2 aliphatic heterocycles. The summed E-state index contributed by atoms with van der Waals surface area (Å²) in [6, 6.07) is 8.56. The van der Waals surface area contributed by atoms with Crippen LogP contribution in [0.1, 0.15) is 25.5 Å². The Morgan fingerprint density at radius 2 is 1.97 bits per heavy atom. The Bertz CT molecular complexity index is 1170. The largest absolute Gasteiger partial charge is 0.395 e. The zero-order valence-corrected chi connectivity index (χ0v) is 21.5. The fourth-order valence-corrected chi connectivity index (χ4v) is 6.14. The molecule has 4 rings (SSSR count). The van der Waals surface area contributed by atoms with Crippen LogP contribution >= 0.6 is 0 Å². The van der Waals surface area contributed by atoms with Crippen molar-refractivity contribution < 1.29 is 23.1 Å². The molecule has 2 amide bonds. The second kappa shape index (κ2) is 11.1. The van der Waals surface area contributed by atoms with E-state index in [1.165, 1.54) is 6.26 Å². The van der Waals surface area contributed by atoms with E-state index in [0.717, 1.165) is 0 Å². The number of piperidine rings is 1. The number of carbonyl (C=O) groups is 1. The molecule has 2 saturated heterocycles. The van der Waals surface area contributed by atoms with E-state index in [-0.39, 0.29) is 19.2 Å². The standard InChI is InChI=1S/C24H34N6O5S/c1-17-16-35-14-12-30(17)21-15-20(24(36(2,33)34)7-9-25-10-8-24)28-22(29-21)18-3-5-19(6-4-18)27-23(32)26-11-13-31/h3-6,15,17,25,31H,7-14,16H2,1-2H3,(H2,26,27,32)/t17-/m0/s1. The molecule has 0 spiro atoms. The van der Waals surface area contributed by atoms with E-state index in [2.05, 4.69) is 27.8 Å². The van der Waals surface area contributed by atoms with Crippen LogP contribution in [0, 0.1) is 0 Å². The first-order chi connectivity index (χ1) is 17.2. The molecule has 11 nitrogen and oxygen atoms in total. The molecule has 0 radical (unpaired) electrons. The first kappa shape index (κ1) is 26.3. The number of morpholine rings is 1. The number of nitrogens with zero attached hydrogens (tertiary/aromatic N) is 3. The maximum absolute atomic E-state index is 13.1. The number of ether oxygens (including phenoxy) is 1. The molecular weight excluding hydrogens is 484 g/mol. The summed E-state index contributed by atoms with van der Waals surface area (Å²) in [6.45, 7) is 5.03. The molecule has 1 atom stereocenters. The summed E-state index contributed by atoms with van der Waals surface area (Å²) in [5.74, 6) is 1.11. The zero-order valence-electron chi connectivity index (χ0n) is 20.7. The summed E-state index contributed by atoms with van der Waals surface area (Å²) in [4.78, 5) is 23.7. The second-order valence-electron chi connectivity index (χ2n) is 9.25. The summed E-state index contributed by atoms with van der Waals surface area (Å²) >= 11 is 0. The molecule has 0 saturated carbocycles. The van der Waals surface area contributed by atoms with Crippen molar-refractivity contribution in [3.05, 3.63) is 36.0 Å². The lowest BCUT2D eigenvalue weighted by Gasteiger charge is -2.38. The zero-order chi connectivity index (χ0) is 25.8. The minimum absolute atomic E-state index is 0.0839. The number of aliphatic hydroxyl groups excluding tert-OH is 1. The minimum atomic E-state index is -3.47. The van der Waals surface area contributed by atoms with Gasteiger partial charge in [-0.2, -0.15) is 0 Å². The summed E-state index contributed by atoms with van der Waals surface area (Å²) in [5, 5.41) is 17.4. The molecular formula is C24H34N6O5S. The maximum Gasteiger partial charge on any atom is 0.319 e. The monoisotopic (exact) mass is 518 g/mol.